The monoisotopic (exact) mass is 522 g/mol. The number of hydrogen-bond donors (Lipinski definition) is 0. The Morgan fingerprint density at radius 1 is 0.629 bits per heavy atom. The fraction of sp³-hybridized carbons (Fsp3) is 0.167. The third-order valence-electron chi connectivity index (χ3n) is 6.75. The maximum atomic E-state index is 4.69. The molecular formula is C30H27BrN4. The highest BCUT2D eigenvalue weighted by atomic mass is 79.9. The zero-order chi connectivity index (χ0) is 24.3. The second-order valence-corrected chi connectivity index (χ2v) is 9.74. The average Bonchev–Trinajstić information content (AvgIpc) is 3.42. The predicted molar refractivity (Wildman–Crippen MR) is 144 cm³/mol. The molecule has 4 nitrogen and oxygen atoms in total. The lowest BCUT2D eigenvalue weighted by atomic mass is 9.75. The highest BCUT2D eigenvalue weighted by molar-refractivity contribution is 9.08. The van der Waals surface area contributed by atoms with Crippen molar-refractivity contribution in [3.05, 3.63) is 149 Å². The summed E-state index contributed by atoms with van der Waals surface area (Å²) in [5.41, 5.74) is 4.47. The van der Waals surface area contributed by atoms with E-state index in [0.29, 0.717) is 0 Å². The van der Waals surface area contributed by atoms with Crippen molar-refractivity contribution in [3.63, 3.8) is 0 Å². The molecule has 5 rings (SSSR count). The molecule has 4 aromatic carbocycles. The second-order valence-electron chi connectivity index (χ2n) is 9.18. The predicted octanol–water partition coefficient (Wildman–Crippen LogP) is 6.73. The first-order valence-corrected chi connectivity index (χ1v) is 12.8. The minimum atomic E-state index is -0.754. The van der Waals surface area contributed by atoms with E-state index in [-0.39, 0.29) is 0 Å². The van der Waals surface area contributed by atoms with E-state index >= 15 is 0 Å². The molecule has 0 aliphatic heterocycles. The molecule has 0 unspecified atom stereocenters. The molecule has 0 fully saturated rings. The summed E-state index contributed by atoms with van der Waals surface area (Å²) >= 11 is 3.55. The van der Waals surface area contributed by atoms with Gasteiger partial charge in [0.1, 0.15) is 5.54 Å². The first-order chi connectivity index (χ1) is 17.1. The third kappa shape index (κ3) is 4.00. The molecule has 0 amide bonds. The number of halogens is 1. The molecule has 0 aliphatic rings. The Labute approximate surface area is 214 Å². The van der Waals surface area contributed by atoms with E-state index in [2.05, 4.69) is 137 Å². The summed E-state index contributed by atoms with van der Waals surface area (Å²) in [5.74, 6) is 0.792. The molecular weight excluding hydrogens is 496 g/mol. The molecule has 0 atom stereocenters. The summed E-state index contributed by atoms with van der Waals surface area (Å²) in [4.78, 5) is 0. The molecule has 5 heteroatoms. The van der Waals surface area contributed by atoms with Gasteiger partial charge in [-0.3, -0.25) is 0 Å². The zero-order valence-electron chi connectivity index (χ0n) is 19.8. The largest absolute Gasteiger partial charge is 0.209 e. The van der Waals surface area contributed by atoms with Crippen molar-refractivity contribution >= 4 is 15.9 Å². The van der Waals surface area contributed by atoms with Crippen LogP contribution in [0.4, 0.5) is 0 Å². The molecule has 0 N–H and O–H groups in total. The quantitative estimate of drug-likeness (QED) is 0.175. The van der Waals surface area contributed by atoms with Gasteiger partial charge in [0.05, 0.1) is 5.41 Å². The van der Waals surface area contributed by atoms with Crippen LogP contribution in [0.2, 0.25) is 0 Å². The zero-order valence-corrected chi connectivity index (χ0v) is 21.4. The van der Waals surface area contributed by atoms with E-state index in [1.54, 1.807) is 0 Å². The van der Waals surface area contributed by atoms with Crippen molar-refractivity contribution in [1.82, 2.24) is 20.2 Å². The van der Waals surface area contributed by atoms with Crippen LogP contribution in [-0.4, -0.2) is 20.2 Å². The summed E-state index contributed by atoms with van der Waals surface area (Å²) in [6.45, 7) is 4.37. The Morgan fingerprint density at radius 2 is 1.09 bits per heavy atom. The van der Waals surface area contributed by atoms with E-state index in [1.165, 1.54) is 5.56 Å². The Balaban J connectivity index is 1.83. The fourth-order valence-electron chi connectivity index (χ4n) is 4.85. The van der Waals surface area contributed by atoms with E-state index in [9.17, 15) is 0 Å². The van der Waals surface area contributed by atoms with Crippen LogP contribution in [0.25, 0.3) is 0 Å². The van der Waals surface area contributed by atoms with Gasteiger partial charge in [-0.25, -0.2) is 4.68 Å². The number of aromatic nitrogens is 4. The third-order valence-corrected chi connectivity index (χ3v) is 7.40. The second kappa shape index (κ2) is 9.59. The lowest BCUT2D eigenvalue weighted by Gasteiger charge is -2.38. The molecule has 0 saturated carbocycles. The van der Waals surface area contributed by atoms with E-state index < -0.39 is 11.0 Å². The molecule has 35 heavy (non-hydrogen) atoms. The van der Waals surface area contributed by atoms with E-state index in [4.69, 9.17) is 5.21 Å². The van der Waals surface area contributed by atoms with Gasteiger partial charge in [-0.05, 0) is 52.1 Å². The lowest BCUT2D eigenvalue weighted by Crippen LogP contribution is -2.42. The van der Waals surface area contributed by atoms with Gasteiger partial charge in [-0.1, -0.05) is 131 Å². The van der Waals surface area contributed by atoms with Crippen LogP contribution in [0.5, 0.6) is 0 Å². The topological polar surface area (TPSA) is 43.6 Å². The number of tetrazole rings is 1. The standard InChI is InChI=1S/C30H27BrN4/c1-29(2,24-20-18-23(22-31)19-21-24)28-32-33-34-35(28)30(25-12-6-3-7-13-25,26-14-8-4-9-15-26)27-16-10-5-11-17-27/h3-21H,22H2,1-2H3. The van der Waals surface area contributed by atoms with Gasteiger partial charge < -0.3 is 0 Å². The van der Waals surface area contributed by atoms with Crippen molar-refractivity contribution in [2.24, 2.45) is 0 Å². The van der Waals surface area contributed by atoms with Crippen molar-refractivity contribution in [2.45, 2.75) is 30.1 Å². The Hall–Kier alpha value is -3.57. The van der Waals surface area contributed by atoms with Crippen molar-refractivity contribution < 1.29 is 0 Å². The molecule has 1 heterocycles. The van der Waals surface area contributed by atoms with Crippen molar-refractivity contribution in [3.8, 4) is 0 Å². The normalized spacial score (nSPS) is 12.0. The molecule has 5 aromatic rings. The number of nitrogens with zero attached hydrogens (tertiary/aromatic N) is 4. The van der Waals surface area contributed by atoms with Crippen LogP contribution >= 0.6 is 15.9 Å². The first-order valence-electron chi connectivity index (χ1n) is 11.7. The number of alkyl halides is 1. The van der Waals surface area contributed by atoms with Gasteiger partial charge in [0.25, 0.3) is 0 Å². The Kier molecular flexibility index (Phi) is 6.35. The first kappa shape index (κ1) is 23.2. The van der Waals surface area contributed by atoms with Gasteiger partial charge in [-0.15, -0.1) is 5.10 Å². The average molecular weight is 523 g/mol. The Morgan fingerprint density at radius 3 is 1.51 bits per heavy atom. The number of rotatable bonds is 7. The van der Waals surface area contributed by atoms with Crippen LogP contribution in [0.3, 0.4) is 0 Å². The molecule has 174 valence electrons. The summed E-state index contributed by atoms with van der Waals surface area (Å²) in [6, 6.07) is 40.1. The molecule has 0 spiro atoms. The van der Waals surface area contributed by atoms with Gasteiger partial charge in [0, 0.05) is 5.33 Å². The maximum Gasteiger partial charge on any atom is 0.163 e. The molecule has 0 aliphatic carbocycles. The number of hydrogen-bond acceptors (Lipinski definition) is 3. The minimum absolute atomic E-state index is 0.446. The van der Waals surface area contributed by atoms with Crippen LogP contribution in [0, 0.1) is 0 Å². The van der Waals surface area contributed by atoms with Gasteiger partial charge >= 0.3 is 0 Å². The lowest BCUT2D eigenvalue weighted by molar-refractivity contribution is 0.401. The van der Waals surface area contributed by atoms with Crippen molar-refractivity contribution in [2.75, 3.05) is 0 Å². The molecule has 0 saturated heterocycles. The summed E-state index contributed by atoms with van der Waals surface area (Å²) in [5, 5.41) is 14.4. The highest BCUT2D eigenvalue weighted by Crippen LogP contribution is 2.43. The summed E-state index contributed by atoms with van der Waals surface area (Å²) in [6.07, 6.45) is 0. The summed E-state index contributed by atoms with van der Waals surface area (Å²) < 4.78 is 2.02. The van der Waals surface area contributed by atoms with Crippen LogP contribution in [0.15, 0.2) is 115 Å². The summed E-state index contributed by atoms with van der Waals surface area (Å²) in [7, 11) is 0. The molecule has 0 radical (unpaired) electrons. The van der Waals surface area contributed by atoms with Gasteiger partial charge in [0.2, 0.25) is 0 Å². The number of benzene rings is 4. The van der Waals surface area contributed by atoms with E-state index in [0.717, 1.165) is 33.4 Å². The van der Waals surface area contributed by atoms with Crippen LogP contribution < -0.4 is 0 Å². The smallest absolute Gasteiger partial charge is 0.163 e. The highest BCUT2D eigenvalue weighted by Gasteiger charge is 2.44. The Bertz CT molecular complexity index is 1280. The SMILES string of the molecule is CC(C)(c1ccc(CBr)cc1)c1nnnn1C(c1ccccc1)(c1ccccc1)c1ccccc1. The van der Waals surface area contributed by atoms with Gasteiger partial charge in [0.15, 0.2) is 5.82 Å². The fourth-order valence-corrected chi connectivity index (χ4v) is 5.22. The molecule has 1 aromatic heterocycles. The minimum Gasteiger partial charge on any atom is -0.209 e. The maximum absolute atomic E-state index is 4.69. The van der Waals surface area contributed by atoms with Gasteiger partial charge in [-0.2, -0.15) is 0 Å². The molecule has 0 bridgehead atoms. The van der Waals surface area contributed by atoms with E-state index in [1.807, 2.05) is 22.9 Å². The van der Waals surface area contributed by atoms with Crippen molar-refractivity contribution in [1.29, 1.82) is 0 Å². The van der Waals surface area contributed by atoms with Crippen LogP contribution in [0.1, 0.15) is 47.5 Å². The van der Waals surface area contributed by atoms with Crippen LogP contribution in [-0.2, 0) is 16.3 Å².